The minimum absolute atomic E-state index is 0.0882. The Balaban J connectivity index is 1.23. The Labute approximate surface area is 164 Å². The van der Waals surface area contributed by atoms with E-state index in [1.54, 1.807) is 0 Å². The second-order valence-corrected chi connectivity index (χ2v) is 8.11. The highest BCUT2D eigenvalue weighted by molar-refractivity contribution is 6.06. The number of nitrogens with zero attached hydrogens (tertiary/aromatic N) is 2. The normalized spacial score (nSPS) is 24.0. The van der Waals surface area contributed by atoms with Gasteiger partial charge in [-0.05, 0) is 55.7 Å². The molecule has 0 bridgehead atoms. The van der Waals surface area contributed by atoms with E-state index in [4.69, 9.17) is 0 Å². The summed E-state index contributed by atoms with van der Waals surface area (Å²) in [5.41, 5.74) is 2.47. The average molecular weight is 380 g/mol. The zero-order chi connectivity index (χ0) is 19.1. The van der Waals surface area contributed by atoms with Crippen LogP contribution in [0.3, 0.4) is 0 Å². The number of carbonyl (C=O) groups is 1. The van der Waals surface area contributed by atoms with Gasteiger partial charge >= 0.3 is 0 Å². The maximum atomic E-state index is 13.2. The largest absolute Gasteiger partial charge is 0.370 e. The van der Waals surface area contributed by atoms with Crippen LogP contribution in [-0.2, 0) is 4.79 Å². The maximum absolute atomic E-state index is 13.2. The van der Waals surface area contributed by atoms with Gasteiger partial charge in [0.1, 0.15) is 11.4 Å². The number of halogens is 1. The molecule has 0 radical (unpaired) electrons. The second kappa shape index (κ2) is 6.78. The van der Waals surface area contributed by atoms with Gasteiger partial charge in [-0.2, -0.15) is 0 Å². The van der Waals surface area contributed by atoms with Gasteiger partial charge in [0.15, 0.2) is 0 Å². The first-order valence-electron chi connectivity index (χ1n) is 10.1. The highest BCUT2D eigenvalue weighted by Gasteiger charge is 2.45. The van der Waals surface area contributed by atoms with Crippen molar-refractivity contribution in [2.24, 2.45) is 0 Å². The number of hydrogen-bond donors (Lipinski definition) is 2. The van der Waals surface area contributed by atoms with Gasteiger partial charge in [-0.3, -0.25) is 9.69 Å². The van der Waals surface area contributed by atoms with Crippen LogP contribution in [-0.4, -0.2) is 48.6 Å². The molecule has 2 aromatic carbocycles. The zero-order valence-corrected chi connectivity index (χ0v) is 15.8. The van der Waals surface area contributed by atoms with E-state index in [9.17, 15) is 9.18 Å². The lowest BCUT2D eigenvalue weighted by molar-refractivity contribution is -0.122. The molecule has 28 heavy (non-hydrogen) atoms. The van der Waals surface area contributed by atoms with Crippen LogP contribution in [0.2, 0.25) is 0 Å². The van der Waals surface area contributed by atoms with E-state index >= 15 is 0 Å². The summed E-state index contributed by atoms with van der Waals surface area (Å²) in [5, 5.41) is 6.61. The van der Waals surface area contributed by atoms with Crippen LogP contribution in [0, 0.1) is 5.82 Å². The molecular formula is C22H25FN4O. The number of carbonyl (C=O) groups excluding carboxylic acids is 1. The summed E-state index contributed by atoms with van der Waals surface area (Å²) in [6, 6.07) is 15.2. The third-order valence-corrected chi connectivity index (χ3v) is 6.51. The number of nitrogens with one attached hydrogen (secondary N) is 2. The smallest absolute Gasteiger partial charge is 0.250 e. The number of benzene rings is 2. The Hall–Kier alpha value is -2.60. The van der Waals surface area contributed by atoms with Gasteiger partial charge in [-0.15, -0.1) is 0 Å². The molecule has 3 aliphatic heterocycles. The highest BCUT2D eigenvalue weighted by atomic mass is 19.1. The second-order valence-electron chi connectivity index (χ2n) is 8.11. The van der Waals surface area contributed by atoms with Gasteiger partial charge < -0.3 is 15.5 Å². The van der Waals surface area contributed by atoms with Gasteiger partial charge in [0, 0.05) is 37.9 Å². The van der Waals surface area contributed by atoms with Crippen LogP contribution in [0.5, 0.6) is 0 Å². The first-order chi connectivity index (χ1) is 13.6. The van der Waals surface area contributed by atoms with Gasteiger partial charge in [0.25, 0.3) is 0 Å². The van der Waals surface area contributed by atoms with Crippen LogP contribution in [0.1, 0.15) is 19.3 Å². The van der Waals surface area contributed by atoms with Crippen molar-refractivity contribution in [3.05, 3.63) is 54.3 Å². The molecule has 2 saturated heterocycles. The summed E-state index contributed by atoms with van der Waals surface area (Å²) in [4.78, 5) is 17.6. The van der Waals surface area contributed by atoms with Crippen LogP contribution in [0.25, 0.3) is 0 Å². The lowest BCUT2D eigenvalue weighted by Crippen LogP contribution is -2.59. The Bertz CT molecular complexity index is 876. The summed E-state index contributed by atoms with van der Waals surface area (Å²) in [5.74, 6) is -0.106. The zero-order valence-electron chi connectivity index (χ0n) is 15.8. The fraction of sp³-hybridized carbons (Fsp3) is 0.409. The van der Waals surface area contributed by atoms with Gasteiger partial charge in [-0.25, -0.2) is 4.39 Å². The average Bonchev–Trinajstić information content (AvgIpc) is 3.20. The minimum Gasteiger partial charge on any atom is -0.370 e. The number of rotatable bonds is 2. The van der Waals surface area contributed by atoms with E-state index in [2.05, 4.69) is 20.4 Å². The van der Waals surface area contributed by atoms with E-state index in [-0.39, 0.29) is 11.7 Å². The number of anilines is 3. The van der Waals surface area contributed by atoms with Crippen LogP contribution in [0.15, 0.2) is 48.5 Å². The number of para-hydroxylation sites is 2. The predicted octanol–water partition coefficient (Wildman–Crippen LogP) is 3.30. The quantitative estimate of drug-likeness (QED) is 0.839. The van der Waals surface area contributed by atoms with Crippen molar-refractivity contribution in [3.63, 3.8) is 0 Å². The molecule has 0 unspecified atom stereocenters. The number of fused-ring (bicyclic) bond motifs is 1. The van der Waals surface area contributed by atoms with Crippen LogP contribution >= 0.6 is 0 Å². The molecule has 146 valence electrons. The number of amides is 1. The van der Waals surface area contributed by atoms with E-state index in [1.807, 2.05) is 36.4 Å². The summed E-state index contributed by atoms with van der Waals surface area (Å²) in [7, 11) is 0. The molecule has 2 aromatic rings. The lowest BCUT2D eigenvalue weighted by atomic mass is 9.84. The molecule has 1 amide bonds. The molecule has 1 spiro atoms. The molecule has 3 aliphatic rings. The molecule has 6 heteroatoms. The molecule has 5 rings (SSSR count). The first kappa shape index (κ1) is 17.5. The molecule has 0 saturated carbocycles. The molecule has 0 aliphatic carbocycles. The fourth-order valence-electron chi connectivity index (χ4n) is 4.81. The lowest BCUT2D eigenvalue weighted by Gasteiger charge is -2.45. The van der Waals surface area contributed by atoms with Crippen LogP contribution in [0.4, 0.5) is 21.5 Å². The van der Waals surface area contributed by atoms with Crippen molar-refractivity contribution < 1.29 is 9.18 Å². The summed E-state index contributed by atoms with van der Waals surface area (Å²) >= 11 is 0. The van der Waals surface area contributed by atoms with E-state index in [0.29, 0.717) is 6.04 Å². The number of hydrogen-bond acceptors (Lipinski definition) is 4. The number of likely N-dealkylation sites (tertiary alicyclic amines) is 1. The molecule has 1 atom stereocenters. The van der Waals surface area contributed by atoms with Crippen molar-refractivity contribution in [1.82, 2.24) is 4.90 Å². The molecule has 2 fully saturated rings. The third-order valence-electron chi connectivity index (χ3n) is 6.51. The van der Waals surface area contributed by atoms with Crippen molar-refractivity contribution >= 4 is 23.0 Å². The SMILES string of the molecule is O=C1Nc2ccccc2NC12CCN([C@@H]1CCN(c3ccc(F)cc3)C1)CC2. The van der Waals surface area contributed by atoms with Gasteiger partial charge in [0.05, 0.1) is 11.4 Å². The monoisotopic (exact) mass is 380 g/mol. The first-order valence-corrected chi connectivity index (χ1v) is 10.1. The van der Waals surface area contributed by atoms with Crippen molar-refractivity contribution in [3.8, 4) is 0 Å². The standard InChI is InChI=1S/C22H25FN4O/c23-16-5-7-17(8-6-16)27-12-9-18(15-27)26-13-10-22(11-14-26)21(28)24-19-3-1-2-4-20(19)25-22/h1-8,18,25H,9-15H2,(H,24,28)/t18-/m1/s1. The van der Waals surface area contributed by atoms with E-state index < -0.39 is 5.54 Å². The Morgan fingerprint density at radius 1 is 0.964 bits per heavy atom. The fourth-order valence-corrected chi connectivity index (χ4v) is 4.81. The van der Waals surface area contributed by atoms with Crippen molar-refractivity contribution in [2.75, 3.05) is 41.7 Å². The molecular weight excluding hydrogens is 355 g/mol. The van der Waals surface area contributed by atoms with Crippen molar-refractivity contribution in [2.45, 2.75) is 30.8 Å². The molecule has 5 nitrogen and oxygen atoms in total. The van der Waals surface area contributed by atoms with E-state index in [0.717, 1.165) is 62.5 Å². The van der Waals surface area contributed by atoms with Gasteiger partial charge in [0.2, 0.25) is 5.91 Å². The minimum atomic E-state index is -0.500. The maximum Gasteiger partial charge on any atom is 0.250 e. The predicted molar refractivity (Wildman–Crippen MR) is 109 cm³/mol. The third kappa shape index (κ3) is 3.02. The summed E-state index contributed by atoms with van der Waals surface area (Å²) in [6.45, 7) is 3.76. The summed E-state index contributed by atoms with van der Waals surface area (Å²) in [6.07, 6.45) is 2.72. The molecule has 0 aromatic heterocycles. The Kier molecular flexibility index (Phi) is 4.23. The molecule has 3 heterocycles. The van der Waals surface area contributed by atoms with Crippen LogP contribution < -0.4 is 15.5 Å². The topological polar surface area (TPSA) is 47.6 Å². The summed E-state index contributed by atoms with van der Waals surface area (Å²) < 4.78 is 13.2. The Morgan fingerprint density at radius 3 is 2.43 bits per heavy atom. The number of piperidine rings is 1. The van der Waals surface area contributed by atoms with E-state index in [1.165, 1.54) is 12.1 Å². The van der Waals surface area contributed by atoms with Crippen molar-refractivity contribution in [1.29, 1.82) is 0 Å². The highest BCUT2D eigenvalue weighted by Crippen LogP contribution is 2.37. The molecule has 2 N–H and O–H groups in total. The Morgan fingerprint density at radius 2 is 1.68 bits per heavy atom. The van der Waals surface area contributed by atoms with Gasteiger partial charge in [-0.1, -0.05) is 12.1 Å².